The topological polar surface area (TPSA) is 95.9 Å². The van der Waals surface area contributed by atoms with Crippen LogP contribution in [0.2, 0.25) is 0 Å². The summed E-state index contributed by atoms with van der Waals surface area (Å²) in [5.41, 5.74) is 0. The minimum atomic E-state index is -0.673. The Morgan fingerprint density at radius 1 is 1.44 bits per heavy atom. The number of carbonyl (C=O) groups excluding carboxylic acids is 3. The molecule has 27 heavy (non-hydrogen) atoms. The minimum absolute atomic E-state index is 0.0426. The molecule has 0 radical (unpaired) electrons. The molecule has 3 aliphatic heterocycles. The van der Waals surface area contributed by atoms with Gasteiger partial charge in [-0.25, -0.2) is 0 Å². The first-order chi connectivity index (χ1) is 12.9. The van der Waals surface area contributed by atoms with Crippen molar-refractivity contribution in [2.24, 2.45) is 11.8 Å². The van der Waals surface area contributed by atoms with Crippen molar-refractivity contribution in [2.75, 3.05) is 26.3 Å². The second-order valence-corrected chi connectivity index (χ2v) is 10.0. The van der Waals surface area contributed by atoms with Gasteiger partial charge in [0.1, 0.15) is 6.04 Å². The highest BCUT2D eigenvalue weighted by Gasteiger charge is 2.75. The molecule has 2 amide bonds. The Kier molecular flexibility index (Phi) is 6.42. The number of aliphatic hydroxyl groups is 1. The van der Waals surface area contributed by atoms with Gasteiger partial charge >= 0.3 is 5.97 Å². The summed E-state index contributed by atoms with van der Waals surface area (Å²) in [6.07, 6.45) is 2.47. The van der Waals surface area contributed by atoms with Crippen LogP contribution in [0.4, 0.5) is 0 Å². The van der Waals surface area contributed by atoms with Crippen molar-refractivity contribution in [1.82, 2.24) is 10.2 Å². The number of fused-ring (bicyclic) bond motifs is 1. The van der Waals surface area contributed by atoms with E-state index in [0.29, 0.717) is 13.0 Å². The lowest BCUT2D eigenvalue weighted by atomic mass is 9.71. The molecule has 3 saturated heterocycles. The first kappa shape index (κ1) is 20.9. The van der Waals surface area contributed by atoms with Crippen LogP contribution in [0.1, 0.15) is 33.1 Å². The van der Waals surface area contributed by atoms with Gasteiger partial charge in [-0.3, -0.25) is 14.4 Å². The molecule has 152 valence electrons. The third-order valence-corrected chi connectivity index (χ3v) is 8.99. The number of aliphatic hydroxyl groups excluding tert-OH is 1. The number of hydrogen-bond acceptors (Lipinski definition) is 6. The second-order valence-electron chi connectivity index (χ2n) is 7.32. The minimum Gasteiger partial charge on any atom is -0.466 e. The van der Waals surface area contributed by atoms with Gasteiger partial charge in [0.25, 0.3) is 0 Å². The SMILES string of the molecule is CCCCNC(=O)C1N(CCO)C(=O)[C@@H]2[C@@H](C(=O)OCC)[C@@H]3SC12CC3Br. The Morgan fingerprint density at radius 3 is 2.81 bits per heavy atom. The largest absolute Gasteiger partial charge is 0.466 e. The van der Waals surface area contributed by atoms with Crippen LogP contribution in [0.15, 0.2) is 0 Å². The highest BCUT2D eigenvalue weighted by atomic mass is 79.9. The van der Waals surface area contributed by atoms with Crippen LogP contribution in [-0.2, 0) is 19.1 Å². The molecular weight excluding hydrogens is 436 g/mol. The number of alkyl halides is 1. The van der Waals surface area contributed by atoms with E-state index in [0.717, 1.165) is 12.8 Å². The lowest BCUT2D eigenvalue weighted by Gasteiger charge is -2.35. The average molecular weight is 463 g/mol. The number of hydrogen-bond donors (Lipinski definition) is 2. The molecule has 6 atom stereocenters. The third-order valence-electron chi connectivity index (χ3n) is 5.77. The lowest BCUT2D eigenvalue weighted by Crippen LogP contribution is -2.54. The third kappa shape index (κ3) is 3.29. The molecule has 3 rings (SSSR count). The smallest absolute Gasteiger partial charge is 0.310 e. The van der Waals surface area contributed by atoms with E-state index < -0.39 is 22.6 Å². The Balaban J connectivity index is 1.95. The van der Waals surface area contributed by atoms with Crippen LogP contribution >= 0.6 is 27.7 Å². The maximum Gasteiger partial charge on any atom is 0.310 e. The van der Waals surface area contributed by atoms with Gasteiger partial charge in [0, 0.05) is 23.2 Å². The molecule has 3 heterocycles. The highest BCUT2D eigenvalue weighted by Crippen LogP contribution is 2.67. The molecule has 3 aliphatic rings. The number of ether oxygens (including phenoxy) is 1. The van der Waals surface area contributed by atoms with Gasteiger partial charge in [-0.05, 0) is 19.8 Å². The predicted octanol–water partition coefficient (Wildman–Crippen LogP) is 0.923. The number of amides is 2. The zero-order valence-corrected chi connectivity index (χ0v) is 18.1. The first-order valence-electron chi connectivity index (χ1n) is 9.60. The quantitative estimate of drug-likeness (QED) is 0.316. The molecule has 3 unspecified atom stereocenters. The van der Waals surface area contributed by atoms with Gasteiger partial charge in [0.05, 0.1) is 29.8 Å². The lowest BCUT2D eigenvalue weighted by molar-refractivity contribution is -0.153. The maximum atomic E-state index is 13.2. The van der Waals surface area contributed by atoms with E-state index in [1.54, 1.807) is 18.7 Å². The zero-order chi connectivity index (χ0) is 19.8. The van der Waals surface area contributed by atoms with E-state index in [4.69, 9.17) is 4.74 Å². The predicted molar refractivity (Wildman–Crippen MR) is 106 cm³/mol. The van der Waals surface area contributed by atoms with Crippen molar-refractivity contribution in [3.63, 3.8) is 0 Å². The average Bonchev–Trinajstić information content (AvgIpc) is 3.20. The fourth-order valence-electron chi connectivity index (χ4n) is 4.77. The van der Waals surface area contributed by atoms with Crippen LogP contribution in [0.5, 0.6) is 0 Å². The van der Waals surface area contributed by atoms with E-state index in [-0.39, 0.29) is 47.6 Å². The first-order valence-corrected chi connectivity index (χ1v) is 11.4. The van der Waals surface area contributed by atoms with E-state index in [1.807, 2.05) is 6.92 Å². The van der Waals surface area contributed by atoms with Gasteiger partial charge in [-0.1, -0.05) is 29.3 Å². The number of β-amino-alcohol motifs (C(OH)–C–C–N with tert-alkyl or cyclic N) is 1. The summed E-state index contributed by atoms with van der Waals surface area (Å²) in [6, 6.07) is -0.673. The molecule has 0 aliphatic carbocycles. The van der Waals surface area contributed by atoms with Gasteiger partial charge in [0.15, 0.2) is 0 Å². The molecular formula is C18H27BrN2O5S. The number of nitrogens with one attached hydrogen (secondary N) is 1. The van der Waals surface area contributed by atoms with E-state index in [2.05, 4.69) is 21.2 Å². The molecule has 0 saturated carbocycles. The maximum absolute atomic E-state index is 13.2. The van der Waals surface area contributed by atoms with Crippen LogP contribution < -0.4 is 5.32 Å². The summed E-state index contributed by atoms with van der Waals surface area (Å²) in [5, 5.41) is 12.3. The Morgan fingerprint density at radius 2 is 2.19 bits per heavy atom. The number of esters is 1. The molecule has 1 spiro atoms. The molecule has 2 N–H and O–H groups in total. The molecule has 7 nitrogen and oxygen atoms in total. The van der Waals surface area contributed by atoms with Crippen LogP contribution in [0.25, 0.3) is 0 Å². The van der Waals surface area contributed by atoms with Crippen molar-refractivity contribution < 1.29 is 24.2 Å². The Hall–Kier alpha value is -0.800. The number of halogens is 1. The van der Waals surface area contributed by atoms with Gasteiger partial charge in [-0.2, -0.15) is 0 Å². The number of nitrogens with zero attached hydrogens (tertiary/aromatic N) is 1. The van der Waals surface area contributed by atoms with Crippen LogP contribution in [0.3, 0.4) is 0 Å². The standard InChI is InChI=1S/C18H27BrN2O5S/c1-3-5-6-20-15(23)14-18-9-10(19)13(27-18)11(17(25)26-4-2)12(18)16(24)21(14)7-8-22/h10-14,22H,3-9H2,1-2H3,(H,20,23)/t10?,11-,12+,13-,14?,18?/m1/s1. The Bertz CT molecular complexity index is 621. The number of thioether (sulfide) groups is 1. The second kappa shape index (κ2) is 8.29. The van der Waals surface area contributed by atoms with Gasteiger partial charge in [0.2, 0.25) is 11.8 Å². The summed E-state index contributed by atoms with van der Waals surface area (Å²) in [6.45, 7) is 4.49. The monoisotopic (exact) mass is 462 g/mol. The molecule has 0 aromatic heterocycles. The van der Waals surface area contributed by atoms with E-state index in [9.17, 15) is 19.5 Å². The van der Waals surface area contributed by atoms with Gasteiger partial charge in [-0.15, -0.1) is 11.8 Å². The van der Waals surface area contributed by atoms with Crippen molar-refractivity contribution in [3.8, 4) is 0 Å². The fraction of sp³-hybridized carbons (Fsp3) is 0.833. The number of rotatable bonds is 8. The van der Waals surface area contributed by atoms with Crippen LogP contribution in [-0.4, -0.2) is 75.0 Å². The molecule has 3 fully saturated rings. The summed E-state index contributed by atoms with van der Waals surface area (Å²) in [4.78, 5) is 40.4. The van der Waals surface area contributed by atoms with E-state index in [1.165, 1.54) is 4.90 Å². The number of carbonyl (C=O) groups is 3. The Labute approximate surface area is 172 Å². The summed E-state index contributed by atoms with van der Waals surface area (Å²) < 4.78 is 4.60. The zero-order valence-electron chi connectivity index (χ0n) is 15.7. The normalized spacial score (nSPS) is 36.8. The fourth-order valence-corrected chi connectivity index (χ4v) is 8.37. The van der Waals surface area contributed by atoms with Crippen molar-refractivity contribution in [2.45, 2.75) is 54.0 Å². The molecule has 9 heteroatoms. The van der Waals surface area contributed by atoms with Crippen molar-refractivity contribution in [1.29, 1.82) is 0 Å². The van der Waals surface area contributed by atoms with Crippen molar-refractivity contribution in [3.05, 3.63) is 0 Å². The summed E-state index contributed by atoms with van der Waals surface area (Å²) >= 11 is 5.24. The highest BCUT2D eigenvalue weighted by molar-refractivity contribution is 9.09. The van der Waals surface area contributed by atoms with Gasteiger partial charge < -0.3 is 20.1 Å². The summed E-state index contributed by atoms with van der Waals surface area (Å²) in [5.74, 6) is -1.91. The number of likely N-dealkylation sites (tertiary alicyclic amines) is 1. The van der Waals surface area contributed by atoms with E-state index >= 15 is 0 Å². The number of unbranched alkanes of at least 4 members (excludes halogenated alkanes) is 1. The molecule has 2 bridgehead atoms. The summed E-state index contributed by atoms with van der Waals surface area (Å²) in [7, 11) is 0. The van der Waals surface area contributed by atoms with Crippen LogP contribution in [0, 0.1) is 11.8 Å². The molecule has 0 aromatic carbocycles. The molecule has 0 aromatic rings. The van der Waals surface area contributed by atoms with Crippen molar-refractivity contribution >= 4 is 45.5 Å².